The molecule has 0 atom stereocenters. The highest BCUT2D eigenvalue weighted by Gasteiger charge is 2.25. The van der Waals surface area contributed by atoms with E-state index in [2.05, 4.69) is 17.4 Å². The molecular formula is C16H13N3O2. The summed E-state index contributed by atoms with van der Waals surface area (Å²) in [5, 5.41) is 23.4. The molecule has 1 aliphatic rings. The number of rotatable bonds is 3. The minimum Gasteiger partial charge on any atom is -0.376 e. The molecule has 3 rings (SSSR count). The van der Waals surface area contributed by atoms with Crippen LogP contribution in [0.4, 0.5) is 11.4 Å². The molecule has 2 aromatic rings. The Morgan fingerprint density at radius 1 is 1.14 bits per heavy atom. The Hall–Kier alpha value is -2.87. The van der Waals surface area contributed by atoms with Gasteiger partial charge in [0, 0.05) is 6.04 Å². The van der Waals surface area contributed by atoms with Crippen molar-refractivity contribution in [1.29, 1.82) is 5.26 Å². The van der Waals surface area contributed by atoms with Crippen LogP contribution in [-0.4, -0.2) is 11.0 Å². The van der Waals surface area contributed by atoms with Crippen LogP contribution in [0.15, 0.2) is 42.5 Å². The van der Waals surface area contributed by atoms with Crippen LogP contribution in [0.3, 0.4) is 0 Å². The molecule has 0 amide bonds. The minimum atomic E-state index is -0.497. The number of hydrogen-bond acceptors (Lipinski definition) is 4. The highest BCUT2D eigenvalue weighted by molar-refractivity contribution is 5.69. The summed E-state index contributed by atoms with van der Waals surface area (Å²) in [5.41, 5.74) is 2.90. The van der Waals surface area contributed by atoms with Crippen molar-refractivity contribution >= 4 is 11.4 Å². The van der Waals surface area contributed by atoms with E-state index in [9.17, 15) is 10.1 Å². The zero-order valence-corrected chi connectivity index (χ0v) is 11.2. The van der Waals surface area contributed by atoms with E-state index in [4.69, 9.17) is 5.26 Å². The summed E-state index contributed by atoms with van der Waals surface area (Å²) in [6.45, 7) is 0. The van der Waals surface area contributed by atoms with E-state index in [1.165, 1.54) is 17.2 Å². The molecule has 0 bridgehead atoms. The van der Waals surface area contributed by atoms with Crippen LogP contribution >= 0.6 is 0 Å². The number of nitrogens with one attached hydrogen (secondary N) is 1. The molecule has 0 fully saturated rings. The van der Waals surface area contributed by atoms with Gasteiger partial charge >= 0.3 is 5.69 Å². The number of fused-ring (bicyclic) bond motifs is 1. The van der Waals surface area contributed by atoms with Gasteiger partial charge in [-0.15, -0.1) is 0 Å². The van der Waals surface area contributed by atoms with E-state index in [0.29, 0.717) is 5.69 Å². The third kappa shape index (κ3) is 2.43. The van der Waals surface area contributed by atoms with Gasteiger partial charge in [0.05, 0.1) is 4.92 Å². The molecule has 0 unspecified atom stereocenters. The van der Waals surface area contributed by atoms with E-state index in [1.54, 1.807) is 12.1 Å². The lowest BCUT2D eigenvalue weighted by Gasteiger charge is -2.14. The summed E-state index contributed by atoms with van der Waals surface area (Å²) in [4.78, 5) is 10.7. The van der Waals surface area contributed by atoms with Crippen molar-refractivity contribution in [1.82, 2.24) is 0 Å². The van der Waals surface area contributed by atoms with Crippen molar-refractivity contribution in [3.8, 4) is 6.07 Å². The van der Waals surface area contributed by atoms with E-state index in [-0.39, 0.29) is 17.3 Å². The zero-order valence-electron chi connectivity index (χ0n) is 11.2. The third-order valence-electron chi connectivity index (χ3n) is 3.75. The van der Waals surface area contributed by atoms with Crippen LogP contribution in [0.2, 0.25) is 0 Å². The normalized spacial score (nSPS) is 13.5. The molecule has 0 saturated heterocycles. The minimum absolute atomic E-state index is 0.0838. The highest BCUT2D eigenvalue weighted by Crippen LogP contribution is 2.31. The van der Waals surface area contributed by atoms with Gasteiger partial charge in [0.25, 0.3) is 0 Å². The van der Waals surface area contributed by atoms with Crippen molar-refractivity contribution in [2.45, 2.75) is 18.9 Å². The van der Waals surface area contributed by atoms with Crippen LogP contribution < -0.4 is 5.32 Å². The van der Waals surface area contributed by atoms with E-state index >= 15 is 0 Å². The van der Waals surface area contributed by atoms with E-state index in [1.807, 2.05) is 18.2 Å². The number of nitriles is 1. The molecule has 0 aliphatic heterocycles. The fraction of sp³-hybridized carbons (Fsp3) is 0.188. The maximum Gasteiger partial charge on any atom is 0.309 e. The maximum atomic E-state index is 11.2. The largest absolute Gasteiger partial charge is 0.376 e. The zero-order chi connectivity index (χ0) is 14.8. The second kappa shape index (κ2) is 5.25. The summed E-state index contributed by atoms with van der Waals surface area (Å²) in [6.07, 6.45) is 1.67. The van der Waals surface area contributed by atoms with Gasteiger partial charge in [-0.05, 0) is 36.1 Å². The van der Waals surface area contributed by atoms with Crippen molar-refractivity contribution in [3.05, 3.63) is 69.3 Å². The van der Waals surface area contributed by atoms with Gasteiger partial charge in [0.2, 0.25) is 0 Å². The summed E-state index contributed by atoms with van der Waals surface area (Å²) >= 11 is 0. The molecule has 0 spiro atoms. The van der Waals surface area contributed by atoms with Gasteiger partial charge in [0.1, 0.15) is 17.3 Å². The molecular weight excluding hydrogens is 266 g/mol. The van der Waals surface area contributed by atoms with Crippen molar-refractivity contribution < 1.29 is 4.92 Å². The topological polar surface area (TPSA) is 79.0 Å². The first-order chi connectivity index (χ1) is 10.2. The molecule has 0 heterocycles. The number of anilines is 1. The Morgan fingerprint density at radius 2 is 1.81 bits per heavy atom. The smallest absolute Gasteiger partial charge is 0.309 e. The predicted molar refractivity (Wildman–Crippen MR) is 79.1 cm³/mol. The number of para-hydroxylation sites is 1. The third-order valence-corrected chi connectivity index (χ3v) is 3.75. The van der Waals surface area contributed by atoms with Crippen molar-refractivity contribution in [3.63, 3.8) is 0 Å². The average Bonchev–Trinajstić information content (AvgIpc) is 2.88. The van der Waals surface area contributed by atoms with Crippen molar-refractivity contribution in [2.24, 2.45) is 0 Å². The molecule has 0 saturated carbocycles. The quantitative estimate of drug-likeness (QED) is 0.691. The Bertz CT molecular complexity index is 724. The molecule has 1 aliphatic carbocycles. The molecule has 5 nitrogen and oxygen atoms in total. The fourth-order valence-electron chi connectivity index (χ4n) is 2.83. The SMILES string of the molecule is N#Cc1cccc(NC2Cc3ccccc3C2)c1[N+](=O)[O-]. The number of nitro benzene ring substituents is 1. The van der Waals surface area contributed by atoms with E-state index in [0.717, 1.165) is 12.8 Å². The molecule has 2 aromatic carbocycles. The van der Waals surface area contributed by atoms with Crippen LogP contribution in [0.5, 0.6) is 0 Å². The predicted octanol–water partition coefficient (Wildman–Crippen LogP) is 3.05. The molecule has 1 N–H and O–H groups in total. The second-order valence-electron chi connectivity index (χ2n) is 5.09. The van der Waals surface area contributed by atoms with Crippen LogP contribution in [-0.2, 0) is 12.8 Å². The summed E-state index contributed by atoms with van der Waals surface area (Å²) < 4.78 is 0. The average molecular weight is 279 g/mol. The standard InChI is InChI=1S/C16H13N3O2/c17-10-13-6-3-7-15(16(13)19(20)21)18-14-8-11-4-1-2-5-12(11)9-14/h1-7,14,18H,8-9H2. The molecule has 0 aromatic heterocycles. The molecule has 104 valence electrons. The number of nitrogens with zero attached hydrogens (tertiary/aromatic N) is 2. The monoisotopic (exact) mass is 279 g/mol. The van der Waals surface area contributed by atoms with Gasteiger partial charge in [-0.1, -0.05) is 30.3 Å². The maximum absolute atomic E-state index is 11.2. The van der Waals surface area contributed by atoms with Gasteiger partial charge in [-0.25, -0.2) is 0 Å². The second-order valence-corrected chi connectivity index (χ2v) is 5.09. The number of hydrogen-bond donors (Lipinski definition) is 1. The van der Waals surface area contributed by atoms with Gasteiger partial charge < -0.3 is 5.32 Å². The van der Waals surface area contributed by atoms with Gasteiger partial charge in [-0.3, -0.25) is 10.1 Å². The highest BCUT2D eigenvalue weighted by atomic mass is 16.6. The Morgan fingerprint density at radius 3 is 2.38 bits per heavy atom. The Labute approximate surface area is 122 Å². The summed E-state index contributed by atoms with van der Waals surface area (Å²) in [7, 11) is 0. The summed E-state index contributed by atoms with van der Waals surface area (Å²) in [6, 6.07) is 14.9. The molecule has 0 radical (unpaired) electrons. The molecule has 5 heteroatoms. The van der Waals surface area contributed by atoms with Crippen LogP contribution in [0.25, 0.3) is 0 Å². The lowest BCUT2D eigenvalue weighted by Crippen LogP contribution is -2.20. The first-order valence-corrected chi connectivity index (χ1v) is 6.70. The van der Waals surface area contributed by atoms with Crippen molar-refractivity contribution in [2.75, 3.05) is 5.32 Å². The lowest BCUT2D eigenvalue weighted by atomic mass is 10.1. The number of benzene rings is 2. The van der Waals surface area contributed by atoms with Gasteiger partial charge in [0.15, 0.2) is 0 Å². The van der Waals surface area contributed by atoms with Crippen LogP contribution in [0.1, 0.15) is 16.7 Å². The fourth-order valence-corrected chi connectivity index (χ4v) is 2.83. The Kier molecular flexibility index (Phi) is 3.28. The van der Waals surface area contributed by atoms with Gasteiger partial charge in [-0.2, -0.15) is 5.26 Å². The lowest BCUT2D eigenvalue weighted by molar-refractivity contribution is -0.384. The number of nitro groups is 1. The summed E-state index contributed by atoms with van der Waals surface area (Å²) in [5.74, 6) is 0. The van der Waals surface area contributed by atoms with E-state index < -0.39 is 4.92 Å². The Balaban J connectivity index is 1.88. The first kappa shape index (κ1) is 13.1. The van der Waals surface area contributed by atoms with Crippen LogP contribution in [0, 0.1) is 21.4 Å². The molecule has 21 heavy (non-hydrogen) atoms. The first-order valence-electron chi connectivity index (χ1n) is 6.70.